The Bertz CT molecular complexity index is 1250. The number of rotatable bonds is 5. The van der Waals surface area contributed by atoms with Gasteiger partial charge in [0.05, 0.1) is 24.0 Å². The van der Waals surface area contributed by atoms with Crippen molar-refractivity contribution in [3.63, 3.8) is 0 Å². The van der Waals surface area contributed by atoms with Crippen molar-refractivity contribution >= 4 is 11.6 Å². The highest BCUT2D eigenvalue weighted by Crippen LogP contribution is 2.38. The van der Waals surface area contributed by atoms with Crippen molar-refractivity contribution in [2.75, 3.05) is 4.90 Å². The van der Waals surface area contributed by atoms with Crippen LogP contribution in [0.5, 0.6) is 5.75 Å². The lowest BCUT2D eigenvalue weighted by molar-refractivity contribution is -0.120. The van der Waals surface area contributed by atoms with Crippen molar-refractivity contribution in [3.8, 4) is 17.0 Å². The third-order valence-electron chi connectivity index (χ3n) is 6.19. The number of aromatic hydroxyl groups is 1. The van der Waals surface area contributed by atoms with Gasteiger partial charge in [0, 0.05) is 5.69 Å². The topological polar surface area (TPSA) is 95.2 Å². The quantitative estimate of drug-likeness (QED) is 0.431. The predicted octanol–water partition coefficient (Wildman–Crippen LogP) is 4.37. The van der Waals surface area contributed by atoms with E-state index in [1.54, 1.807) is 24.3 Å². The first-order chi connectivity index (χ1) is 16.1. The van der Waals surface area contributed by atoms with Crippen molar-refractivity contribution in [1.82, 2.24) is 9.97 Å². The molecule has 166 valence electrons. The molecule has 4 aromatic rings. The molecule has 1 unspecified atom stereocenters. The molecule has 0 bridgehead atoms. The van der Waals surface area contributed by atoms with Crippen molar-refractivity contribution < 1.29 is 9.90 Å². The Morgan fingerprint density at radius 1 is 1.06 bits per heavy atom. The molecule has 2 heterocycles. The third-order valence-corrected chi connectivity index (χ3v) is 6.19. The Hall–Kier alpha value is -3.90. The zero-order valence-corrected chi connectivity index (χ0v) is 18.2. The number of amides is 1. The molecule has 4 N–H and O–H groups in total. The number of nitrogens with zero attached hydrogens (tertiary/aromatic N) is 2. The molecule has 6 nitrogen and oxygen atoms in total. The van der Waals surface area contributed by atoms with Crippen LogP contribution in [0.3, 0.4) is 0 Å². The van der Waals surface area contributed by atoms with E-state index in [1.165, 1.54) is 0 Å². The number of fused-ring (bicyclic) bond motifs is 1. The number of phenols is 1. The van der Waals surface area contributed by atoms with Crippen LogP contribution in [0.15, 0.2) is 85.1 Å². The predicted molar refractivity (Wildman–Crippen MR) is 129 cm³/mol. The Labute approximate surface area is 192 Å². The number of aryl methyl sites for hydroxylation is 1. The van der Waals surface area contributed by atoms with Gasteiger partial charge in [-0.15, -0.1) is 0 Å². The normalized spacial score (nSPS) is 16.3. The summed E-state index contributed by atoms with van der Waals surface area (Å²) in [5.74, 6) is 0.808. The summed E-state index contributed by atoms with van der Waals surface area (Å²) < 4.78 is 0. The third kappa shape index (κ3) is 4.25. The van der Waals surface area contributed by atoms with Gasteiger partial charge in [-0.2, -0.15) is 0 Å². The van der Waals surface area contributed by atoms with E-state index < -0.39 is 6.04 Å². The molecule has 0 saturated carbocycles. The van der Waals surface area contributed by atoms with E-state index >= 15 is 0 Å². The van der Waals surface area contributed by atoms with Gasteiger partial charge in [0.2, 0.25) is 5.91 Å². The lowest BCUT2D eigenvalue weighted by Gasteiger charge is -2.37. The maximum absolute atomic E-state index is 13.7. The zero-order chi connectivity index (χ0) is 22.8. The fraction of sp³-hybridized carbons (Fsp3) is 0.185. The highest BCUT2D eigenvalue weighted by atomic mass is 16.3. The Kier molecular flexibility index (Phi) is 5.67. The first-order valence-corrected chi connectivity index (χ1v) is 11.1. The summed E-state index contributed by atoms with van der Waals surface area (Å²) in [5.41, 5.74) is 11.3. The molecule has 0 fully saturated rings. The van der Waals surface area contributed by atoms with Crippen molar-refractivity contribution in [1.29, 1.82) is 0 Å². The molecule has 0 radical (unpaired) electrons. The number of nitrogens with two attached hydrogens (primary N) is 1. The SMILES string of the molecule is N[C@@H](Cc1ccc(O)cc1)C(=O)N1c2ccccc2CCC1c1ncc(-c2ccccc2)[nH]1. The molecule has 1 aromatic heterocycles. The molecule has 0 aliphatic carbocycles. The Morgan fingerprint density at radius 2 is 1.79 bits per heavy atom. The average molecular weight is 439 g/mol. The second kappa shape index (κ2) is 8.92. The average Bonchev–Trinajstić information content (AvgIpc) is 3.35. The summed E-state index contributed by atoms with van der Waals surface area (Å²) >= 11 is 0. The molecular weight excluding hydrogens is 412 g/mol. The van der Waals surface area contributed by atoms with Gasteiger partial charge in [-0.25, -0.2) is 4.98 Å². The number of carbonyl (C=O) groups excluding carboxylic acids is 1. The highest BCUT2D eigenvalue weighted by molar-refractivity contribution is 5.99. The molecular formula is C27H26N4O2. The molecule has 33 heavy (non-hydrogen) atoms. The molecule has 0 spiro atoms. The van der Waals surface area contributed by atoms with Crippen molar-refractivity contribution in [2.45, 2.75) is 31.3 Å². The van der Waals surface area contributed by atoms with Crippen LogP contribution >= 0.6 is 0 Å². The number of benzene rings is 3. The van der Waals surface area contributed by atoms with Crippen LogP contribution in [0.4, 0.5) is 5.69 Å². The lowest BCUT2D eigenvalue weighted by atomic mass is 9.93. The number of hydrogen-bond acceptors (Lipinski definition) is 4. The molecule has 6 heteroatoms. The first-order valence-electron chi connectivity index (χ1n) is 11.1. The summed E-state index contributed by atoms with van der Waals surface area (Å²) in [6.07, 6.45) is 3.83. The van der Waals surface area contributed by atoms with Gasteiger partial charge in [0.1, 0.15) is 11.6 Å². The van der Waals surface area contributed by atoms with Crippen LogP contribution in [0.2, 0.25) is 0 Å². The fourth-order valence-corrected chi connectivity index (χ4v) is 4.50. The van der Waals surface area contributed by atoms with E-state index in [4.69, 9.17) is 5.73 Å². The zero-order valence-electron chi connectivity index (χ0n) is 18.2. The highest BCUT2D eigenvalue weighted by Gasteiger charge is 2.36. The molecule has 1 aliphatic heterocycles. The number of imidazole rings is 1. The number of aromatic nitrogens is 2. The lowest BCUT2D eigenvalue weighted by Crippen LogP contribution is -2.48. The van der Waals surface area contributed by atoms with E-state index in [1.807, 2.05) is 59.6 Å². The van der Waals surface area contributed by atoms with E-state index in [-0.39, 0.29) is 17.7 Å². The number of phenolic OH excluding ortho intramolecular Hbond substituents is 1. The largest absolute Gasteiger partial charge is 0.508 e. The summed E-state index contributed by atoms with van der Waals surface area (Å²) in [5, 5.41) is 9.54. The van der Waals surface area contributed by atoms with Gasteiger partial charge < -0.3 is 20.7 Å². The second-order valence-corrected chi connectivity index (χ2v) is 8.42. The number of para-hydroxylation sites is 1. The number of aromatic amines is 1. The molecule has 1 amide bonds. The number of hydrogen-bond donors (Lipinski definition) is 3. The number of nitrogens with one attached hydrogen (secondary N) is 1. The molecule has 1 aliphatic rings. The number of H-pyrrole nitrogens is 1. The van der Waals surface area contributed by atoms with Crippen LogP contribution in [0.25, 0.3) is 11.3 Å². The van der Waals surface area contributed by atoms with Crippen LogP contribution < -0.4 is 10.6 Å². The van der Waals surface area contributed by atoms with E-state index in [0.717, 1.165) is 46.7 Å². The summed E-state index contributed by atoms with van der Waals surface area (Å²) in [7, 11) is 0. The Balaban J connectivity index is 1.47. The number of anilines is 1. The monoisotopic (exact) mass is 438 g/mol. The van der Waals surface area contributed by atoms with Gasteiger partial charge in [0.15, 0.2) is 0 Å². The second-order valence-electron chi connectivity index (χ2n) is 8.42. The van der Waals surface area contributed by atoms with Gasteiger partial charge in [-0.05, 0) is 54.2 Å². The molecule has 5 rings (SSSR count). The van der Waals surface area contributed by atoms with Gasteiger partial charge in [0.25, 0.3) is 0 Å². The molecule has 2 atom stereocenters. The minimum absolute atomic E-state index is 0.141. The van der Waals surface area contributed by atoms with Crippen LogP contribution in [0, 0.1) is 0 Å². The van der Waals surface area contributed by atoms with E-state index in [0.29, 0.717) is 6.42 Å². The number of carbonyl (C=O) groups is 1. The standard InChI is InChI=1S/C27H26N4O2/c28-22(16-18-10-13-21(32)14-11-18)27(33)31-24-9-5-4-8-20(24)12-15-25(31)26-29-17-23(30-26)19-6-2-1-3-7-19/h1-11,13-14,17,22,25,32H,12,15-16,28H2,(H,29,30)/t22-,25?/m0/s1. The van der Waals surface area contributed by atoms with E-state index in [9.17, 15) is 9.90 Å². The minimum atomic E-state index is -0.716. The molecule has 3 aromatic carbocycles. The van der Waals surface area contributed by atoms with Crippen LogP contribution in [-0.2, 0) is 17.6 Å². The first kappa shape index (κ1) is 21.0. The van der Waals surface area contributed by atoms with Gasteiger partial charge in [-0.3, -0.25) is 4.79 Å². The summed E-state index contributed by atoms with van der Waals surface area (Å²) in [6.45, 7) is 0. The smallest absolute Gasteiger partial charge is 0.244 e. The fourth-order valence-electron chi connectivity index (χ4n) is 4.50. The van der Waals surface area contributed by atoms with Crippen LogP contribution in [-0.4, -0.2) is 27.0 Å². The van der Waals surface area contributed by atoms with Crippen LogP contribution in [0.1, 0.15) is 29.4 Å². The van der Waals surface area contributed by atoms with Crippen molar-refractivity contribution in [3.05, 3.63) is 102 Å². The maximum atomic E-state index is 13.7. The van der Waals surface area contributed by atoms with Gasteiger partial charge >= 0.3 is 0 Å². The minimum Gasteiger partial charge on any atom is -0.508 e. The maximum Gasteiger partial charge on any atom is 0.244 e. The van der Waals surface area contributed by atoms with Gasteiger partial charge in [-0.1, -0.05) is 60.7 Å². The summed E-state index contributed by atoms with van der Waals surface area (Å²) in [4.78, 5) is 23.6. The van der Waals surface area contributed by atoms with Crippen molar-refractivity contribution in [2.24, 2.45) is 5.73 Å². The molecule has 0 saturated heterocycles. The van der Waals surface area contributed by atoms with E-state index in [2.05, 4.69) is 16.0 Å². The Morgan fingerprint density at radius 3 is 2.58 bits per heavy atom. The summed E-state index contributed by atoms with van der Waals surface area (Å²) in [6, 6.07) is 23.9.